The quantitative estimate of drug-likeness (QED) is 0.838. The Morgan fingerprint density at radius 2 is 2.07 bits per heavy atom. The van der Waals surface area contributed by atoms with Gasteiger partial charge < -0.3 is 5.32 Å². The van der Waals surface area contributed by atoms with E-state index < -0.39 is 0 Å². The number of hydrogen-bond donors (Lipinski definition) is 1. The highest BCUT2D eigenvalue weighted by Gasteiger charge is 2.06. The topological polar surface area (TPSA) is 12.0 Å². The van der Waals surface area contributed by atoms with Crippen LogP contribution in [0.2, 0.25) is 10.0 Å². The van der Waals surface area contributed by atoms with Crippen LogP contribution >= 0.6 is 23.2 Å². The summed E-state index contributed by atoms with van der Waals surface area (Å²) >= 11 is 12.0. The molecule has 1 aromatic carbocycles. The summed E-state index contributed by atoms with van der Waals surface area (Å²) in [5, 5.41) is 4.70. The lowest BCUT2D eigenvalue weighted by Crippen LogP contribution is -2.18. The van der Waals surface area contributed by atoms with Crippen LogP contribution in [-0.4, -0.2) is 13.6 Å². The summed E-state index contributed by atoms with van der Waals surface area (Å²) in [4.78, 5) is 0. The van der Waals surface area contributed by atoms with Crippen LogP contribution in [0.15, 0.2) is 18.2 Å². The second-order valence-electron chi connectivity index (χ2n) is 3.60. The zero-order valence-electron chi connectivity index (χ0n) is 8.48. The Morgan fingerprint density at radius 1 is 1.36 bits per heavy atom. The minimum Gasteiger partial charge on any atom is -0.319 e. The lowest BCUT2D eigenvalue weighted by molar-refractivity contribution is 0.542. The molecule has 1 unspecified atom stereocenters. The zero-order chi connectivity index (χ0) is 10.6. The van der Waals surface area contributed by atoms with Crippen molar-refractivity contribution in [2.45, 2.75) is 13.3 Å². The fraction of sp³-hybridized carbons (Fsp3) is 0.455. The van der Waals surface area contributed by atoms with Crippen LogP contribution in [0.3, 0.4) is 0 Å². The Morgan fingerprint density at radius 3 is 2.71 bits per heavy atom. The first kappa shape index (κ1) is 11.8. The molecule has 1 N–H and O–H groups in total. The first-order valence-corrected chi connectivity index (χ1v) is 5.47. The van der Waals surface area contributed by atoms with Crippen LogP contribution in [0.1, 0.15) is 12.5 Å². The van der Waals surface area contributed by atoms with Crippen molar-refractivity contribution in [1.82, 2.24) is 5.32 Å². The normalized spacial score (nSPS) is 12.9. The lowest BCUT2D eigenvalue weighted by atomic mass is 10.0. The summed E-state index contributed by atoms with van der Waals surface area (Å²) in [6, 6.07) is 5.61. The van der Waals surface area contributed by atoms with Crippen molar-refractivity contribution >= 4 is 23.2 Å². The van der Waals surface area contributed by atoms with Crippen molar-refractivity contribution in [3.63, 3.8) is 0 Å². The molecule has 0 fully saturated rings. The molecule has 0 aliphatic heterocycles. The second-order valence-corrected chi connectivity index (χ2v) is 4.45. The van der Waals surface area contributed by atoms with Gasteiger partial charge in [0.1, 0.15) is 0 Å². The van der Waals surface area contributed by atoms with Crippen LogP contribution in [0.5, 0.6) is 0 Å². The van der Waals surface area contributed by atoms with E-state index in [4.69, 9.17) is 23.2 Å². The third-order valence-electron chi connectivity index (χ3n) is 2.13. The van der Waals surface area contributed by atoms with Crippen LogP contribution in [0.25, 0.3) is 0 Å². The van der Waals surface area contributed by atoms with Gasteiger partial charge in [0.15, 0.2) is 0 Å². The van der Waals surface area contributed by atoms with Crippen molar-refractivity contribution in [3.8, 4) is 0 Å². The first-order chi connectivity index (χ1) is 6.63. The van der Waals surface area contributed by atoms with Gasteiger partial charge in [-0.05, 0) is 49.7 Å². The molecule has 0 saturated carbocycles. The van der Waals surface area contributed by atoms with Crippen LogP contribution in [-0.2, 0) is 6.42 Å². The van der Waals surface area contributed by atoms with Crippen molar-refractivity contribution < 1.29 is 0 Å². The highest BCUT2D eigenvalue weighted by Crippen LogP contribution is 2.22. The van der Waals surface area contributed by atoms with Crippen LogP contribution in [0.4, 0.5) is 0 Å². The number of nitrogens with one attached hydrogen (secondary N) is 1. The Labute approximate surface area is 95.4 Å². The molecule has 0 aliphatic carbocycles. The molecule has 0 bridgehead atoms. The molecule has 1 rings (SSSR count). The third-order valence-corrected chi connectivity index (χ3v) is 2.73. The SMILES string of the molecule is CNCC(C)Cc1cc(Cl)ccc1Cl. The highest BCUT2D eigenvalue weighted by atomic mass is 35.5. The average molecular weight is 232 g/mol. The van der Waals surface area contributed by atoms with E-state index in [1.165, 1.54) is 0 Å². The van der Waals surface area contributed by atoms with E-state index in [2.05, 4.69) is 12.2 Å². The van der Waals surface area contributed by atoms with Crippen LogP contribution in [0, 0.1) is 5.92 Å². The van der Waals surface area contributed by atoms with E-state index in [9.17, 15) is 0 Å². The van der Waals surface area contributed by atoms with Crippen LogP contribution < -0.4 is 5.32 Å². The fourth-order valence-electron chi connectivity index (χ4n) is 1.50. The second kappa shape index (κ2) is 5.59. The van der Waals surface area contributed by atoms with Crippen molar-refractivity contribution in [1.29, 1.82) is 0 Å². The molecule has 0 aromatic heterocycles. The molecule has 0 aliphatic rings. The summed E-state index contributed by atoms with van der Waals surface area (Å²) < 4.78 is 0. The predicted octanol–water partition coefficient (Wildman–Crippen LogP) is 3.39. The van der Waals surface area contributed by atoms with Gasteiger partial charge >= 0.3 is 0 Å². The van der Waals surface area contributed by atoms with Gasteiger partial charge in [-0.15, -0.1) is 0 Å². The summed E-state index contributed by atoms with van der Waals surface area (Å²) in [6.07, 6.45) is 0.959. The molecule has 3 heteroatoms. The predicted molar refractivity (Wildman–Crippen MR) is 63.3 cm³/mol. The lowest BCUT2D eigenvalue weighted by Gasteiger charge is -2.11. The maximum atomic E-state index is 6.06. The van der Waals surface area contributed by atoms with Crippen molar-refractivity contribution in [3.05, 3.63) is 33.8 Å². The number of rotatable bonds is 4. The largest absolute Gasteiger partial charge is 0.319 e. The first-order valence-electron chi connectivity index (χ1n) is 4.72. The Kier molecular flexibility index (Phi) is 4.73. The minimum atomic E-state index is 0.566. The third kappa shape index (κ3) is 3.49. The maximum Gasteiger partial charge on any atom is 0.0439 e. The van der Waals surface area contributed by atoms with Crippen molar-refractivity contribution in [2.75, 3.05) is 13.6 Å². The monoisotopic (exact) mass is 231 g/mol. The van der Waals surface area contributed by atoms with Gasteiger partial charge in [0, 0.05) is 10.0 Å². The highest BCUT2D eigenvalue weighted by molar-refractivity contribution is 6.33. The number of benzene rings is 1. The molecule has 1 nitrogen and oxygen atoms in total. The molecule has 0 spiro atoms. The Bertz CT molecular complexity index is 299. The van der Waals surface area contributed by atoms with E-state index in [-0.39, 0.29) is 0 Å². The summed E-state index contributed by atoms with van der Waals surface area (Å²) in [5.41, 5.74) is 1.13. The van der Waals surface area contributed by atoms with Gasteiger partial charge in [0.25, 0.3) is 0 Å². The molecule has 78 valence electrons. The molecule has 0 radical (unpaired) electrons. The standard InChI is InChI=1S/C11H15Cl2N/c1-8(7-14-2)5-9-6-10(12)3-4-11(9)13/h3-4,6,8,14H,5,7H2,1-2H3. The molecule has 1 atom stereocenters. The summed E-state index contributed by atoms with van der Waals surface area (Å²) in [5.74, 6) is 0.566. The van der Waals surface area contributed by atoms with Gasteiger partial charge in [0.05, 0.1) is 0 Å². The molecule has 0 amide bonds. The number of hydrogen-bond acceptors (Lipinski definition) is 1. The fourth-order valence-corrected chi connectivity index (χ4v) is 1.89. The maximum absolute atomic E-state index is 6.06. The molecular weight excluding hydrogens is 217 g/mol. The Hall–Kier alpha value is -0.240. The smallest absolute Gasteiger partial charge is 0.0439 e. The molecule has 0 heterocycles. The van der Waals surface area contributed by atoms with E-state index >= 15 is 0 Å². The van der Waals surface area contributed by atoms with E-state index in [1.54, 1.807) is 0 Å². The average Bonchev–Trinajstić information content (AvgIpc) is 2.12. The summed E-state index contributed by atoms with van der Waals surface area (Å²) in [7, 11) is 1.95. The van der Waals surface area contributed by atoms with E-state index in [1.807, 2.05) is 25.2 Å². The van der Waals surface area contributed by atoms with E-state index in [0.717, 1.165) is 28.6 Å². The molecule has 1 aromatic rings. The molecule has 14 heavy (non-hydrogen) atoms. The van der Waals surface area contributed by atoms with Gasteiger partial charge in [-0.2, -0.15) is 0 Å². The van der Waals surface area contributed by atoms with Crippen molar-refractivity contribution in [2.24, 2.45) is 5.92 Å². The Balaban J connectivity index is 2.70. The van der Waals surface area contributed by atoms with Gasteiger partial charge in [-0.3, -0.25) is 0 Å². The summed E-state index contributed by atoms with van der Waals surface area (Å²) in [6.45, 7) is 3.18. The minimum absolute atomic E-state index is 0.566. The van der Waals surface area contributed by atoms with Gasteiger partial charge in [0.2, 0.25) is 0 Å². The molecule has 0 saturated heterocycles. The van der Waals surface area contributed by atoms with E-state index in [0.29, 0.717) is 5.92 Å². The van der Waals surface area contributed by atoms with Gasteiger partial charge in [-0.1, -0.05) is 30.1 Å². The van der Waals surface area contributed by atoms with Gasteiger partial charge in [-0.25, -0.2) is 0 Å². The molecular formula is C11H15Cl2N. The zero-order valence-corrected chi connectivity index (χ0v) is 9.99. The number of halogens is 2.